The second kappa shape index (κ2) is 12.8. The molecular weight excluding hydrogens is 552 g/mol. The number of fused-ring (bicyclic) bond motifs is 1. The maximum atomic E-state index is 14.4. The lowest BCUT2D eigenvalue weighted by Gasteiger charge is -2.37. The van der Waals surface area contributed by atoms with E-state index in [-0.39, 0.29) is 29.6 Å². The Hall–Kier alpha value is -2.92. The van der Waals surface area contributed by atoms with Crippen LogP contribution in [0.3, 0.4) is 0 Å². The Morgan fingerprint density at radius 2 is 1.69 bits per heavy atom. The summed E-state index contributed by atoms with van der Waals surface area (Å²) in [4.78, 5) is 46.1. The number of nitrogens with zero attached hydrogens (tertiary/aromatic N) is 2. The Kier molecular flexibility index (Phi) is 8.85. The van der Waals surface area contributed by atoms with E-state index in [0.717, 1.165) is 30.6 Å². The van der Waals surface area contributed by atoms with Gasteiger partial charge in [0.2, 0.25) is 17.7 Å². The van der Waals surface area contributed by atoms with Gasteiger partial charge < -0.3 is 25.4 Å². The summed E-state index contributed by atoms with van der Waals surface area (Å²) in [6.45, 7) is 4.34. The SMILES string of the molecule is O=C(NCCN1CCOCC1)C1N([C@@H](CO)Cc2ccccc2)C(=O)[C@@H]2[C@@H](C(=O)NCc3ccccc3)[C@H]3CCC12S3. The molecule has 0 radical (unpaired) electrons. The lowest BCUT2D eigenvalue weighted by molar-refractivity contribution is -0.142. The minimum atomic E-state index is -0.748. The average Bonchev–Trinajstić information content (AvgIpc) is 3.67. The molecule has 9 nitrogen and oxygen atoms in total. The molecular formula is C32H40N4O5S. The van der Waals surface area contributed by atoms with Gasteiger partial charge in [0.1, 0.15) is 6.04 Å². The number of thioether (sulfide) groups is 1. The van der Waals surface area contributed by atoms with E-state index in [0.29, 0.717) is 45.7 Å². The van der Waals surface area contributed by atoms with E-state index in [1.165, 1.54) is 0 Å². The minimum absolute atomic E-state index is 0.0118. The second-order valence-electron chi connectivity index (χ2n) is 11.8. The van der Waals surface area contributed by atoms with Gasteiger partial charge in [0, 0.05) is 38.0 Å². The van der Waals surface area contributed by atoms with Gasteiger partial charge in [-0.3, -0.25) is 19.3 Å². The summed E-state index contributed by atoms with van der Waals surface area (Å²) in [7, 11) is 0. The monoisotopic (exact) mass is 592 g/mol. The summed E-state index contributed by atoms with van der Waals surface area (Å²) in [5.41, 5.74) is 1.98. The second-order valence-corrected chi connectivity index (χ2v) is 13.4. The van der Waals surface area contributed by atoms with E-state index in [2.05, 4.69) is 15.5 Å². The molecule has 224 valence electrons. The van der Waals surface area contributed by atoms with Crippen molar-refractivity contribution in [3.8, 4) is 0 Å². The maximum Gasteiger partial charge on any atom is 0.244 e. The highest BCUT2D eigenvalue weighted by Gasteiger charge is 2.74. The van der Waals surface area contributed by atoms with Gasteiger partial charge in [-0.15, -0.1) is 11.8 Å². The predicted octanol–water partition coefficient (Wildman–Crippen LogP) is 1.45. The first kappa shape index (κ1) is 29.2. The van der Waals surface area contributed by atoms with Crippen molar-refractivity contribution in [3.05, 3.63) is 71.8 Å². The van der Waals surface area contributed by atoms with Gasteiger partial charge in [0.25, 0.3) is 0 Å². The van der Waals surface area contributed by atoms with Gasteiger partial charge in [-0.2, -0.15) is 0 Å². The standard InChI is InChI=1S/C32H40N4O5S/c37-21-24(19-22-7-3-1-4-8-22)36-28(30(39)33-13-14-35-15-17-41-18-16-35)32-12-11-25(42-32)26(27(32)31(36)40)29(38)34-20-23-9-5-2-6-10-23/h1-10,24-28,37H,11-21H2,(H,33,39)(H,34,38)/t24-,25-,26+,27+,28?,32?/m1/s1. The van der Waals surface area contributed by atoms with Gasteiger partial charge >= 0.3 is 0 Å². The normalized spacial score (nSPS) is 29.4. The lowest BCUT2D eigenvalue weighted by Crippen LogP contribution is -2.57. The minimum Gasteiger partial charge on any atom is -0.394 e. The third kappa shape index (κ3) is 5.57. The summed E-state index contributed by atoms with van der Waals surface area (Å²) in [5.74, 6) is -1.62. The molecule has 42 heavy (non-hydrogen) atoms. The van der Waals surface area contributed by atoms with Crippen molar-refractivity contribution in [1.29, 1.82) is 0 Å². The molecule has 4 saturated heterocycles. The van der Waals surface area contributed by atoms with Crippen molar-refractivity contribution in [2.24, 2.45) is 11.8 Å². The van der Waals surface area contributed by atoms with Crippen LogP contribution in [0.1, 0.15) is 24.0 Å². The number of amides is 3. The molecule has 4 aliphatic heterocycles. The topological polar surface area (TPSA) is 111 Å². The van der Waals surface area contributed by atoms with Crippen molar-refractivity contribution in [2.75, 3.05) is 46.0 Å². The summed E-state index contributed by atoms with van der Waals surface area (Å²) < 4.78 is 4.75. The molecule has 0 saturated carbocycles. The Labute approximate surface area is 251 Å². The number of benzene rings is 2. The van der Waals surface area contributed by atoms with Crippen LogP contribution < -0.4 is 10.6 Å². The number of morpholine rings is 1. The molecule has 2 aromatic carbocycles. The summed E-state index contributed by atoms with van der Waals surface area (Å²) in [5, 5.41) is 16.8. The Morgan fingerprint density at radius 1 is 1.00 bits per heavy atom. The van der Waals surface area contributed by atoms with E-state index in [9.17, 15) is 19.5 Å². The lowest BCUT2D eigenvalue weighted by atomic mass is 9.70. The first-order chi connectivity index (χ1) is 20.5. The van der Waals surface area contributed by atoms with E-state index in [1.807, 2.05) is 60.7 Å². The fourth-order valence-corrected chi connectivity index (χ4v) is 9.59. The quantitative estimate of drug-likeness (QED) is 0.362. The zero-order valence-electron chi connectivity index (χ0n) is 23.8. The smallest absolute Gasteiger partial charge is 0.244 e. The van der Waals surface area contributed by atoms with Crippen molar-refractivity contribution >= 4 is 29.5 Å². The molecule has 2 unspecified atom stereocenters. The molecule has 2 aromatic rings. The van der Waals surface area contributed by atoms with Crippen molar-refractivity contribution in [3.63, 3.8) is 0 Å². The van der Waals surface area contributed by atoms with Crippen LogP contribution >= 0.6 is 11.8 Å². The van der Waals surface area contributed by atoms with Crippen LogP contribution in [0, 0.1) is 11.8 Å². The number of ether oxygens (including phenoxy) is 1. The van der Waals surface area contributed by atoms with Gasteiger partial charge in [-0.05, 0) is 30.4 Å². The summed E-state index contributed by atoms with van der Waals surface area (Å²) in [6.07, 6.45) is 1.91. The molecule has 3 amide bonds. The summed E-state index contributed by atoms with van der Waals surface area (Å²) >= 11 is 1.65. The maximum absolute atomic E-state index is 14.4. The van der Waals surface area contributed by atoms with Crippen LogP contribution in [-0.4, -0.2) is 101 Å². The number of nitrogens with one attached hydrogen (secondary N) is 2. The highest BCUT2D eigenvalue weighted by atomic mass is 32.2. The van der Waals surface area contributed by atoms with E-state index in [1.54, 1.807) is 16.7 Å². The number of hydrogen-bond acceptors (Lipinski definition) is 7. The fraction of sp³-hybridized carbons (Fsp3) is 0.531. The number of hydrogen-bond donors (Lipinski definition) is 3. The van der Waals surface area contributed by atoms with Gasteiger partial charge in [-0.1, -0.05) is 60.7 Å². The Morgan fingerprint density at radius 3 is 2.38 bits per heavy atom. The van der Waals surface area contributed by atoms with Gasteiger partial charge in [0.05, 0.1) is 42.4 Å². The molecule has 6 atom stereocenters. The number of rotatable bonds is 11. The first-order valence-electron chi connectivity index (χ1n) is 15.1. The Bertz CT molecular complexity index is 1260. The first-order valence-corrected chi connectivity index (χ1v) is 15.9. The molecule has 1 spiro atoms. The molecule has 0 aromatic heterocycles. The molecule has 0 aliphatic carbocycles. The van der Waals surface area contributed by atoms with Crippen LogP contribution in [0.15, 0.2) is 60.7 Å². The number of aliphatic hydroxyl groups is 1. The zero-order valence-corrected chi connectivity index (χ0v) is 24.6. The van der Waals surface area contributed by atoms with E-state index >= 15 is 0 Å². The third-order valence-corrected chi connectivity index (χ3v) is 11.3. The van der Waals surface area contributed by atoms with Crippen molar-refractivity contribution < 1.29 is 24.2 Å². The molecule has 10 heteroatoms. The van der Waals surface area contributed by atoms with Gasteiger partial charge in [0.15, 0.2) is 0 Å². The van der Waals surface area contributed by atoms with Crippen LogP contribution in [0.25, 0.3) is 0 Å². The number of carbonyl (C=O) groups excluding carboxylic acids is 3. The highest BCUT2D eigenvalue weighted by Crippen LogP contribution is 2.66. The van der Waals surface area contributed by atoms with Crippen LogP contribution in [-0.2, 0) is 32.1 Å². The average molecular weight is 593 g/mol. The largest absolute Gasteiger partial charge is 0.394 e. The van der Waals surface area contributed by atoms with E-state index in [4.69, 9.17) is 4.74 Å². The van der Waals surface area contributed by atoms with Crippen LogP contribution in [0.5, 0.6) is 0 Å². The van der Waals surface area contributed by atoms with E-state index < -0.39 is 28.7 Å². The summed E-state index contributed by atoms with van der Waals surface area (Å²) in [6, 6.07) is 18.2. The molecule has 2 bridgehead atoms. The van der Waals surface area contributed by atoms with Crippen molar-refractivity contribution in [1.82, 2.24) is 20.4 Å². The Balaban J connectivity index is 1.25. The predicted molar refractivity (Wildman–Crippen MR) is 161 cm³/mol. The highest BCUT2D eigenvalue weighted by molar-refractivity contribution is 8.02. The van der Waals surface area contributed by atoms with Crippen molar-refractivity contribution in [2.45, 2.75) is 47.9 Å². The van der Waals surface area contributed by atoms with Crippen LogP contribution in [0.4, 0.5) is 0 Å². The molecule has 4 heterocycles. The molecule has 4 aliphatic rings. The fourth-order valence-electron chi connectivity index (χ4n) is 7.38. The zero-order chi connectivity index (χ0) is 29.1. The number of carbonyl (C=O) groups is 3. The molecule has 4 fully saturated rings. The number of aliphatic hydroxyl groups excluding tert-OH is 1. The van der Waals surface area contributed by atoms with Crippen LogP contribution in [0.2, 0.25) is 0 Å². The number of likely N-dealkylation sites (tertiary alicyclic amines) is 1. The molecule has 6 rings (SSSR count). The third-order valence-electron chi connectivity index (χ3n) is 9.35. The molecule has 3 N–H and O–H groups in total. The van der Waals surface area contributed by atoms with Gasteiger partial charge in [-0.25, -0.2) is 0 Å².